The lowest BCUT2D eigenvalue weighted by molar-refractivity contribution is -0.0123. The number of nitrogens with zero attached hydrogens (tertiary/aromatic N) is 2. The van der Waals surface area contributed by atoms with Crippen molar-refractivity contribution in [3.05, 3.63) is 39.4 Å². The van der Waals surface area contributed by atoms with Crippen molar-refractivity contribution in [2.45, 2.75) is 44.2 Å². The molecule has 0 unspecified atom stereocenters. The van der Waals surface area contributed by atoms with Crippen LogP contribution in [0.2, 0.25) is 0 Å². The fraction of sp³-hybridized carbons (Fsp3) is 0.467. The van der Waals surface area contributed by atoms with Crippen molar-refractivity contribution >= 4 is 26.8 Å². The highest BCUT2D eigenvalue weighted by Crippen LogP contribution is 2.29. The molecule has 4 nitrogen and oxygen atoms in total. The van der Waals surface area contributed by atoms with Gasteiger partial charge in [-0.1, -0.05) is 35.2 Å². The van der Waals surface area contributed by atoms with Crippen LogP contribution in [0.3, 0.4) is 0 Å². The van der Waals surface area contributed by atoms with Gasteiger partial charge in [0.15, 0.2) is 0 Å². The summed E-state index contributed by atoms with van der Waals surface area (Å²) in [5, 5.41) is 11.2. The van der Waals surface area contributed by atoms with Gasteiger partial charge in [0.1, 0.15) is 0 Å². The third-order valence-electron chi connectivity index (χ3n) is 4.04. The molecule has 1 aromatic heterocycles. The molecule has 2 aromatic rings. The molecule has 1 heterocycles. The predicted octanol–water partition coefficient (Wildman–Crippen LogP) is 2.85. The standard InChI is InChI=1S/C15H17BrN2O2/c16-11-4-5-12-13(8-11)17-10-18(14(12)19)9-15(20)6-2-1-3-7-15/h4-5,8,10,20H,1-3,6-7,9H2. The van der Waals surface area contributed by atoms with Gasteiger partial charge in [0.2, 0.25) is 0 Å². The first-order chi connectivity index (χ1) is 9.57. The first-order valence-corrected chi connectivity index (χ1v) is 7.74. The van der Waals surface area contributed by atoms with Gasteiger partial charge in [-0.3, -0.25) is 9.36 Å². The van der Waals surface area contributed by atoms with E-state index in [0.29, 0.717) is 17.4 Å². The molecule has 106 valence electrons. The lowest BCUT2D eigenvalue weighted by Gasteiger charge is -2.32. The Kier molecular flexibility index (Phi) is 3.65. The molecule has 0 saturated heterocycles. The monoisotopic (exact) mass is 336 g/mol. The molecule has 1 fully saturated rings. The van der Waals surface area contributed by atoms with Crippen molar-refractivity contribution in [3.8, 4) is 0 Å². The number of fused-ring (bicyclic) bond motifs is 1. The minimum absolute atomic E-state index is 0.0819. The molecule has 0 bridgehead atoms. The predicted molar refractivity (Wildman–Crippen MR) is 81.7 cm³/mol. The van der Waals surface area contributed by atoms with Crippen LogP contribution in [0.1, 0.15) is 32.1 Å². The maximum absolute atomic E-state index is 12.5. The van der Waals surface area contributed by atoms with Gasteiger partial charge in [0.25, 0.3) is 5.56 Å². The Labute approximate surface area is 125 Å². The van der Waals surface area contributed by atoms with Crippen LogP contribution in [0.4, 0.5) is 0 Å². The number of halogens is 1. The molecule has 5 heteroatoms. The van der Waals surface area contributed by atoms with Crippen LogP contribution in [0.5, 0.6) is 0 Å². The largest absolute Gasteiger partial charge is 0.388 e. The van der Waals surface area contributed by atoms with E-state index in [0.717, 1.165) is 30.2 Å². The lowest BCUT2D eigenvalue weighted by Crippen LogP contribution is -2.39. The average Bonchev–Trinajstić information content (AvgIpc) is 2.43. The third-order valence-corrected chi connectivity index (χ3v) is 4.53. The third kappa shape index (κ3) is 2.65. The van der Waals surface area contributed by atoms with Gasteiger partial charge in [0.05, 0.1) is 29.4 Å². The van der Waals surface area contributed by atoms with Crippen LogP contribution >= 0.6 is 15.9 Å². The van der Waals surface area contributed by atoms with Crippen LogP contribution in [0.15, 0.2) is 33.8 Å². The van der Waals surface area contributed by atoms with Crippen LogP contribution in [-0.4, -0.2) is 20.3 Å². The molecular weight excluding hydrogens is 320 g/mol. The molecule has 1 saturated carbocycles. The summed E-state index contributed by atoms with van der Waals surface area (Å²) in [6, 6.07) is 5.44. The number of hydrogen-bond donors (Lipinski definition) is 1. The molecule has 0 amide bonds. The molecule has 1 aromatic carbocycles. The zero-order chi connectivity index (χ0) is 14.2. The van der Waals surface area contributed by atoms with E-state index in [1.54, 1.807) is 17.0 Å². The number of rotatable bonds is 2. The van der Waals surface area contributed by atoms with Crippen molar-refractivity contribution in [1.82, 2.24) is 9.55 Å². The smallest absolute Gasteiger partial charge is 0.261 e. The minimum atomic E-state index is -0.757. The van der Waals surface area contributed by atoms with E-state index in [9.17, 15) is 9.90 Å². The van der Waals surface area contributed by atoms with Gasteiger partial charge in [-0.25, -0.2) is 4.98 Å². The Balaban J connectivity index is 1.98. The Morgan fingerprint density at radius 2 is 2.05 bits per heavy atom. The number of aliphatic hydroxyl groups is 1. The summed E-state index contributed by atoms with van der Waals surface area (Å²) >= 11 is 3.37. The zero-order valence-electron chi connectivity index (χ0n) is 11.2. The molecule has 1 N–H and O–H groups in total. The van der Waals surface area contributed by atoms with Crippen LogP contribution in [0, 0.1) is 0 Å². The van der Waals surface area contributed by atoms with Crippen molar-refractivity contribution < 1.29 is 5.11 Å². The summed E-state index contributed by atoms with van der Waals surface area (Å²) in [6.45, 7) is 0.338. The second-order valence-electron chi connectivity index (χ2n) is 5.62. The van der Waals surface area contributed by atoms with Gasteiger partial charge in [-0.05, 0) is 31.0 Å². The van der Waals surface area contributed by atoms with Crippen molar-refractivity contribution in [2.75, 3.05) is 0 Å². The first kappa shape index (κ1) is 13.8. The summed E-state index contributed by atoms with van der Waals surface area (Å²) in [4.78, 5) is 16.8. The molecule has 0 radical (unpaired) electrons. The molecule has 1 aliphatic carbocycles. The Morgan fingerprint density at radius 1 is 1.30 bits per heavy atom. The van der Waals surface area contributed by atoms with Crippen molar-refractivity contribution in [1.29, 1.82) is 0 Å². The molecular formula is C15H17BrN2O2. The molecule has 0 spiro atoms. The summed E-state index contributed by atoms with van der Waals surface area (Å²) < 4.78 is 2.45. The van der Waals surface area contributed by atoms with Crippen molar-refractivity contribution in [3.63, 3.8) is 0 Å². The van der Waals surface area contributed by atoms with E-state index in [2.05, 4.69) is 20.9 Å². The topological polar surface area (TPSA) is 55.1 Å². The van der Waals surface area contributed by atoms with E-state index in [4.69, 9.17) is 0 Å². The highest BCUT2D eigenvalue weighted by Gasteiger charge is 2.30. The Bertz CT molecular complexity index is 690. The summed E-state index contributed by atoms with van der Waals surface area (Å²) in [6.07, 6.45) is 6.29. The first-order valence-electron chi connectivity index (χ1n) is 6.95. The number of hydrogen-bond acceptors (Lipinski definition) is 3. The molecule has 1 aliphatic rings. The van der Waals surface area contributed by atoms with Gasteiger partial charge in [-0.15, -0.1) is 0 Å². The van der Waals surface area contributed by atoms with Crippen LogP contribution in [0.25, 0.3) is 10.9 Å². The van der Waals surface area contributed by atoms with Gasteiger partial charge in [0, 0.05) is 4.47 Å². The molecule has 0 aliphatic heterocycles. The van der Waals surface area contributed by atoms with Crippen LogP contribution in [-0.2, 0) is 6.54 Å². The normalized spacial score (nSPS) is 18.3. The fourth-order valence-electron chi connectivity index (χ4n) is 2.93. The Hall–Kier alpha value is -1.20. The van der Waals surface area contributed by atoms with E-state index < -0.39 is 5.60 Å². The van der Waals surface area contributed by atoms with E-state index in [-0.39, 0.29) is 5.56 Å². The van der Waals surface area contributed by atoms with E-state index in [1.807, 2.05) is 12.1 Å². The van der Waals surface area contributed by atoms with Crippen molar-refractivity contribution in [2.24, 2.45) is 0 Å². The highest BCUT2D eigenvalue weighted by molar-refractivity contribution is 9.10. The minimum Gasteiger partial charge on any atom is -0.388 e. The van der Waals surface area contributed by atoms with Gasteiger partial charge in [-0.2, -0.15) is 0 Å². The molecule has 3 rings (SSSR count). The SMILES string of the molecule is O=c1c2ccc(Br)cc2ncn1CC1(O)CCCCC1. The van der Waals surface area contributed by atoms with E-state index >= 15 is 0 Å². The van der Waals surface area contributed by atoms with Crippen LogP contribution < -0.4 is 5.56 Å². The quantitative estimate of drug-likeness (QED) is 0.917. The highest BCUT2D eigenvalue weighted by atomic mass is 79.9. The van der Waals surface area contributed by atoms with Gasteiger partial charge >= 0.3 is 0 Å². The fourth-order valence-corrected chi connectivity index (χ4v) is 3.28. The Morgan fingerprint density at radius 3 is 2.80 bits per heavy atom. The summed E-state index contributed by atoms with van der Waals surface area (Å²) in [5.41, 5.74) is -0.162. The molecule has 20 heavy (non-hydrogen) atoms. The average molecular weight is 337 g/mol. The second-order valence-corrected chi connectivity index (χ2v) is 6.54. The second kappa shape index (κ2) is 5.30. The van der Waals surface area contributed by atoms with Gasteiger partial charge < -0.3 is 5.11 Å². The summed E-state index contributed by atoms with van der Waals surface area (Å²) in [5.74, 6) is 0. The van der Waals surface area contributed by atoms with E-state index in [1.165, 1.54) is 6.42 Å². The zero-order valence-corrected chi connectivity index (χ0v) is 12.8. The lowest BCUT2D eigenvalue weighted by atomic mass is 9.85. The molecule has 0 atom stereocenters. The summed E-state index contributed by atoms with van der Waals surface area (Å²) in [7, 11) is 0. The maximum Gasteiger partial charge on any atom is 0.261 e. The maximum atomic E-state index is 12.5. The number of aromatic nitrogens is 2. The number of benzene rings is 1.